The maximum Gasteiger partial charge on any atom is 0.321 e. The van der Waals surface area contributed by atoms with Crippen LogP contribution in [0.15, 0.2) is 0 Å². The van der Waals surface area contributed by atoms with Crippen molar-refractivity contribution in [2.75, 3.05) is 31.2 Å². The van der Waals surface area contributed by atoms with E-state index >= 15 is 0 Å². The van der Waals surface area contributed by atoms with Gasteiger partial charge in [-0.3, -0.25) is 4.79 Å². The van der Waals surface area contributed by atoms with E-state index in [1.54, 1.807) is 6.92 Å². The van der Waals surface area contributed by atoms with Gasteiger partial charge in [0, 0.05) is 0 Å². The Labute approximate surface area is 96.5 Å². The Balaban J connectivity index is 2.41. The van der Waals surface area contributed by atoms with Crippen LogP contribution in [0, 0.1) is 5.92 Å². The van der Waals surface area contributed by atoms with E-state index in [2.05, 4.69) is 10.1 Å². The summed E-state index contributed by atoms with van der Waals surface area (Å²) in [6.07, 6.45) is 1.73. The average molecular weight is 249 g/mol. The van der Waals surface area contributed by atoms with E-state index in [9.17, 15) is 13.2 Å². The van der Waals surface area contributed by atoms with Crippen LogP contribution in [0.2, 0.25) is 0 Å². The lowest BCUT2D eigenvalue weighted by atomic mass is 10.0. The van der Waals surface area contributed by atoms with Crippen molar-refractivity contribution in [3.63, 3.8) is 0 Å². The van der Waals surface area contributed by atoms with Gasteiger partial charge >= 0.3 is 5.97 Å². The summed E-state index contributed by atoms with van der Waals surface area (Å²) in [7, 11) is -3.30. The molecule has 1 aliphatic heterocycles. The number of rotatable bonds is 5. The monoisotopic (exact) mass is 249 g/mol. The molecule has 94 valence electrons. The highest BCUT2D eigenvalue weighted by Crippen LogP contribution is 2.14. The molecule has 1 heterocycles. The molecule has 0 amide bonds. The average Bonchev–Trinajstić information content (AvgIpc) is 2.17. The molecule has 6 heteroatoms. The fraction of sp³-hybridized carbons (Fsp3) is 0.900. The van der Waals surface area contributed by atoms with Gasteiger partial charge in [0.2, 0.25) is 0 Å². The second kappa shape index (κ2) is 6.20. The van der Waals surface area contributed by atoms with Gasteiger partial charge in [-0.2, -0.15) is 0 Å². The maximum atomic E-state index is 11.7. The second-order valence-electron chi connectivity index (χ2n) is 4.05. The first-order chi connectivity index (χ1) is 7.53. The molecule has 0 aliphatic carbocycles. The lowest BCUT2D eigenvalue weighted by molar-refractivity contribution is -0.139. The van der Waals surface area contributed by atoms with Gasteiger partial charge in [-0.15, -0.1) is 0 Å². The van der Waals surface area contributed by atoms with Crippen molar-refractivity contribution in [2.45, 2.75) is 19.8 Å². The lowest BCUT2D eigenvalue weighted by Crippen LogP contribution is -2.33. The van der Waals surface area contributed by atoms with E-state index in [0.29, 0.717) is 0 Å². The summed E-state index contributed by atoms with van der Waals surface area (Å²) in [5.41, 5.74) is 0. The Morgan fingerprint density at radius 1 is 1.38 bits per heavy atom. The van der Waals surface area contributed by atoms with Crippen LogP contribution >= 0.6 is 0 Å². The third kappa shape index (κ3) is 4.94. The first-order valence-electron chi connectivity index (χ1n) is 5.60. The predicted molar refractivity (Wildman–Crippen MR) is 60.9 cm³/mol. The molecule has 1 saturated heterocycles. The molecular formula is C10H19NO4S. The number of carbonyl (C=O) groups excluding carboxylic acids is 1. The van der Waals surface area contributed by atoms with Crippen molar-refractivity contribution in [3.8, 4) is 0 Å². The van der Waals surface area contributed by atoms with Crippen LogP contribution < -0.4 is 5.32 Å². The van der Waals surface area contributed by atoms with Crippen LogP contribution in [0.5, 0.6) is 0 Å². The van der Waals surface area contributed by atoms with Gasteiger partial charge in [0.05, 0.1) is 12.4 Å². The van der Waals surface area contributed by atoms with Gasteiger partial charge in [0.25, 0.3) is 0 Å². The minimum atomic E-state index is -3.30. The highest BCUT2D eigenvalue weighted by Gasteiger charge is 2.24. The Morgan fingerprint density at radius 3 is 2.56 bits per heavy atom. The van der Waals surface area contributed by atoms with Crippen LogP contribution in [0.1, 0.15) is 19.8 Å². The number of sulfone groups is 1. The minimum absolute atomic E-state index is 0.105. The molecule has 0 saturated carbocycles. The summed E-state index contributed by atoms with van der Waals surface area (Å²) in [5.74, 6) is -0.838. The molecule has 5 nitrogen and oxygen atoms in total. The summed E-state index contributed by atoms with van der Waals surface area (Å²) in [6.45, 7) is 3.61. The van der Waals surface area contributed by atoms with E-state index in [-0.39, 0.29) is 18.3 Å². The molecule has 0 spiro atoms. The fourth-order valence-electron chi connectivity index (χ4n) is 1.85. The molecule has 0 aromatic rings. The van der Waals surface area contributed by atoms with E-state index in [1.807, 2.05) is 0 Å². The lowest BCUT2D eigenvalue weighted by Gasteiger charge is -2.21. The first kappa shape index (κ1) is 13.4. The Morgan fingerprint density at radius 2 is 2.00 bits per heavy atom. The largest absolute Gasteiger partial charge is 0.465 e. The van der Waals surface area contributed by atoms with Gasteiger partial charge in [-0.05, 0) is 38.8 Å². The van der Waals surface area contributed by atoms with Crippen LogP contribution in [-0.4, -0.2) is 45.6 Å². The zero-order valence-electron chi connectivity index (χ0n) is 9.57. The van der Waals surface area contributed by atoms with E-state index in [4.69, 9.17) is 0 Å². The van der Waals surface area contributed by atoms with Crippen LogP contribution in [0.4, 0.5) is 0 Å². The standard InChI is InChI=1S/C10H19NO4S/c1-2-15-10(12)8-16(13,14)7-9-3-5-11-6-4-9/h9,11H,2-8H2,1H3. The highest BCUT2D eigenvalue weighted by atomic mass is 32.2. The van der Waals surface area contributed by atoms with Crippen LogP contribution in [-0.2, 0) is 19.4 Å². The van der Waals surface area contributed by atoms with Gasteiger partial charge in [0.1, 0.15) is 5.75 Å². The number of carbonyl (C=O) groups is 1. The summed E-state index contributed by atoms with van der Waals surface area (Å²) >= 11 is 0. The molecule has 1 aliphatic rings. The Bertz CT molecular complexity index is 320. The normalized spacial score (nSPS) is 18.3. The molecule has 1 fully saturated rings. The Kier molecular flexibility index (Phi) is 5.21. The van der Waals surface area contributed by atoms with Crippen molar-refractivity contribution in [3.05, 3.63) is 0 Å². The zero-order chi connectivity index (χ0) is 12.0. The molecule has 0 aromatic carbocycles. The number of hydrogen-bond donors (Lipinski definition) is 1. The summed E-state index contributed by atoms with van der Waals surface area (Å²) in [6, 6.07) is 0. The van der Waals surface area contributed by atoms with E-state index < -0.39 is 21.6 Å². The molecular weight excluding hydrogens is 230 g/mol. The number of nitrogens with one attached hydrogen (secondary N) is 1. The number of piperidine rings is 1. The smallest absolute Gasteiger partial charge is 0.321 e. The van der Waals surface area contributed by atoms with Crippen LogP contribution in [0.3, 0.4) is 0 Å². The summed E-state index contributed by atoms with van der Waals surface area (Å²) < 4.78 is 28.0. The molecule has 0 atom stereocenters. The van der Waals surface area contributed by atoms with Crippen molar-refractivity contribution in [1.82, 2.24) is 5.32 Å². The second-order valence-corrected chi connectivity index (χ2v) is 6.16. The van der Waals surface area contributed by atoms with Gasteiger partial charge in [-0.25, -0.2) is 8.42 Å². The van der Waals surface area contributed by atoms with E-state index in [0.717, 1.165) is 25.9 Å². The third-order valence-corrected chi connectivity index (χ3v) is 4.25. The first-order valence-corrected chi connectivity index (χ1v) is 7.42. The van der Waals surface area contributed by atoms with E-state index in [1.165, 1.54) is 0 Å². The SMILES string of the molecule is CCOC(=O)CS(=O)(=O)CC1CCNCC1. The summed E-state index contributed by atoms with van der Waals surface area (Å²) in [5, 5.41) is 3.18. The summed E-state index contributed by atoms with van der Waals surface area (Å²) in [4.78, 5) is 11.1. The Hall–Kier alpha value is -0.620. The molecule has 16 heavy (non-hydrogen) atoms. The van der Waals surface area contributed by atoms with Crippen molar-refractivity contribution < 1.29 is 17.9 Å². The molecule has 0 unspecified atom stereocenters. The number of hydrogen-bond acceptors (Lipinski definition) is 5. The van der Waals surface area contributed by atoms with Crippen LogP contribution in [0.25, 0.3) is 0 Å². The quantitative estimate of drug-likeness (QED) is 0.692. The topological polar surface area (TPSA) is 72.5 Å². The molecule has 0 radical (unpaired) electrons. The molecule has 1 N–H and O–H groups in total. The fourth-order valence-corrected chi connectivity index (χ4v) is 3.46. The molecule has 0 bridgehead atoms. The number of esters is 1. The molecule has 0 aromatic heterocycles. The van der Waals surface area contributed by atoms with Crippen molar-refractivity contribution in [2.24, 2.45) is 5.92 Å². The van der Waals surface area contributed by atoms with Gasteiger partial charge in [0.15, 0.2) is 9.84 Å². The predicted octanol–water partition coefficient (Wildman–Crippen LogP) is -0.0361. The van der Waals surface area contributed by atoms with Crippen molar-refractivity contribution in [1.29, 1.82) is 0 Å². The van der Waals surface area contributed by atoms with Gasteiger partial charge < -0.3 is 10.1 Å². The highest BCUT2D eigenvalue weighted by molar-refractivity contribution is 7.92. The minimum Gasteiger partial charge on any atom is -0.465 e. The van der Waals surface area contributed by atoms with Crippen molar-refractivity contribution >= 4 is 15.8 Å². The maximum absolute atomic E-state index is 11.7. The van der Waals surface area contributed by atoms with Gasteiger partial charge in [-0.1, -0.05) is 0 Å². The molecule has 1 rings (SSSR count). The third-order valence-electron chi connectivity index (χ3n) is 2.59. The number of ether oxygens (including phenoxy) is 1. The zero-order valence-corrected chi connectivity index (χ0v) is 10.4.